The van der Waals surface area contributed by atoms with Crippen LogP contribution in [0.3, 0.4) is 0 Å². The summed E-state index contributed by atoms with van der Waals surface area (Å²) in [7, 11) is 0. The minimum atomic E-state index is -0.828. The van der Waals surface area contributed by atoms with E-state index in [1.54, 1.807) is 0 Å². The predicted molar refractivity (Wildman–Crippen MR) is 261 cm³/mol. The molecule has 0 aromatic rings. The van der Waals surface area contributed by atoms with Gasteiger partial charge in [0.05, 0.1) is 0 Å². The zero-order valence-corrected chi connectivity index (χ0v) is 39.7. The average molecular weight is 849 g/mol. The van der Waals surface area contributed by atoms with E-state index in [9.17, 15) is 14.4 Å². The number of carbonyl (C=O) groups is 3. The molecule has 0 N–H and O–H groups in total. The van der Waals surface area contributed by atoms with Gasteiger partial charge in [-0.3, -0.25) is 14.4 Å². The first-order chi connectivity index (χ1) is 30.0. The molecule has 348 valence electrons. The summed E-state index contributed by atoms with van der Waals surface area (Å²) >= 11 is 0. The third kappa shape index (κ3) is 47.5. The fourth-order valence-corrected chi connectivity index (χ4v) is 6.62. The van der Waals surface area contributed by atoms with Crippen LogP contribution in [0.4, 0.5) is 0 Å². The number of hydrogen-bond donors (Lipinski definition) is 0. The monoisotopic (exact) mass is 849 g/mol. The van der Waals surface area contributed by atoms with Crippen molar-refractivity contribution in [3.8, 4) is 0 Å². The topological polar surface area (TPSA) is 78.9 Å². The van der Waals surface area contributed by atoms with Crippen LogP contribution in [-0.2, 0) is 28.6 Å². The van der Waals surface area contributed by atoms with Gasteiger partial charge in [0.15, 0.2) is 6.10 Å². The van der Waals surface area contributed by atoms with E-state index in [-0.39, 0.29) is 31.6 Å². The van der Waals surface area contributed by atoms with Crippen molar-refractivity contribution in [2.45, 2.75) is 232 Å². The summed E-state index contributed by atoms with van der Waals surface area (Å²) in [4.78, 5) is 37.8. The second-order valence-electron chi connectivity index (χ2n) is 16.4. The number of esters is 3. The van der Waals surface area contributed by atoms with Crippen molar-refractivity contribution in [2.75, 3.05) is 13.2 Å². The van der Waals surface area contributed by atoms with E-state index in [0.717, 1.165) is 83.5 Å². The van der Waals surface area contributed by atoms with Gasteiger partial charge in [0, 0.05) is 19.3 Å². The van der Waals surface area contributed by atoms with Crippen molar-refractivity contribution in [1.29, 1.82) is 0 Å². The smallest absolute Gasteiger partial charge is 0.306 e. The quantitative estimate of drug-likeness (QED) is 0.0200. The van der Waals surface area contributed by atoms with Crippen LogP contribution in [0, 0.1) is 0 Å². The molecule has 6 nitrogen and oxygen atoms in total. The van der Waals surface area contributed by atoms with Gasteiger partial charge in [-0.15, -0.1) is 0 Å². The van der Waals surface area contributed by atoms with E-state index in [1.807, 2.05) is 6.08 Å². The number of unbranched alkanes of at least 4 members (excludes halogenated alkanes) is 20. The first-order valence-electron chi connectivity index (χ1n) is 25.1. The molecular formula is C55H92O6. The van der Waals surface area contributed by atoms with Crippen LogP contribution in [0.2, 0.25) is 0 Å². The number of hydrogen-bond acceptors (Lipinski definition) is 6. The summed E-state index contributed by atoms with van der Waals surface area (Å²) in [6.07, 6.45) is 63.0. The zero-order chi connectivity index (χ0) is 44.4. The fourth-order valence-electron chi connectivity index (χ4n) is 6.62. The molecule has 6 heteroatoms. The van der Waals surface area contributed by atoms with Gasteiger partial charge in [0.1, 0.15) is 13.2 Å². The van der Waals surface area contributed by atoms with Crippen LogP contribution in [0.15, 0.2) is 85.1 Å². The average Bonchev–Trinajstić information content (AvgIpc) is 3.26. The van der Waals surface area contributed by atoms with Crippen molar-refractivity contribution in [3.05, 3.63) is 85.1 Å². The van der Waals surface area contributed by atoms with E-state index < -0.39 is 12.1 Å². The summed E-state index contributed by atoms with van der Waals surface area (Å²) in [6.45, 7) is 6.40. The number of ether oxygens (including phenoxy) is 3. The van der Waals surface area contributed by atoms with Crippen LogP contribution in [0.1, 0.15) is 226 Å². The van der Waals surface area contributed by atoms with Crippen LogP contribution in [0.5, 0.6) is 0 Å². The Hall–Kier alpha value is -3.41. The van der Waals surface area contributed by atoms with E-state index in [2.05, 4.69) is 99.8 Å². The Labute approximate surface area is 375 Å². The largest absolute Gasteiger partial charge is 0.462 e. The number of carbonyl (C=O) groups excluding carboxylic acids is 3. The molecule has 1 unspecified atom stereocenters. The summed E-state index contributed by atoms with van der Waals surface area (Å²) in [6, 6.07) is 0. The fraction of sp³-hybridized carbons (Fsp3) is 0.691. The van der Waals surface area contributed by atoms with Gasteiger partial charge in [-0.25, -0.2) is 0 Å². The molecule has 0 saturated heterocycles. The molecule has 0 aromatic heterocycles. The van der Waals surface area contributed by atoms with Gasteiger partial charge in [0.25, 0.3) is 0 Å². The summed E-state index contributed by atoms with van der Waals surface area (Å²) in [5, 5.41) is 0. The normalized spacial score (nSPS) is 12.8. The lowest BCUT2D eigenvalue weighted by Crippen LogP contribution is -2.30. The lowest BCUT2D eigenvalue weighted by Gasteiger charge is -2.18. The van der Waals surface area contributed by atoms with Crippen molar-refractivity contribution in [3.63, 3.8) is 0 Å². The van der Waals surface area contributed by atoms with Crippen molar-refractivity contribution in [2.24, 2.45) is 0 Å². The highest BCUT2D eigenvalue weighted by Crippen LogP contribution is 2.12. The summed E-state index contributed by atoms with van der Waals surface area (Å²) < 4.78 is 16.6. The highest BCUT2D eigenvalue weighted by Gasteiger charge is 2.19. The zero-order valence-electron chi connectivity index (χ0n) is 39.7. The number of allylic oxidation sites excluding steroid dienone is 14. The summed E-state index contributed by atoms with van der Waals surface area (Å²) in [5.74, 6) is -1.05. The molecule has 0 amide bonds. The van der Waals surface area contributed by atoms with Gasteiger partial charge in [-0.2, -0.15) is 0 Å². The molecule has 0 heterocycles. The maximum Gasteiger partial charge on any atom is 0.306 e. The molecule has 0 aliphatic heterocycles. The third-order valence-corrected chi connectivity index (χ3v) is 10.4. The molecule has 0 spiro atoms. The molecule has 0 aliphatic rings. The molecule has 0 aliphatic carbocycles. The first kappa shape index (κ1) is 57.6. The van der Waals surface area contributed by atoms with E-state index >= 15 is 0 Å². The van der Waals surface area contributed by atoms with Crippen LogP contribution >= 0.6 is 0 Å². The van der Waals surface area contributed by atoms with Crippen molar-refractivity contribution in [1.82, 2.24) is 0 Å². The molecule has 0 radical (unpaired) electrons. The van der Waals surface area contributed by atoms with Gasteiger partial charge in [0.2, 0.25) is 0 Å². The van der Waals surface area contributed by atoms with Crippen LogP contribution in [-0.4, -0.2) is 37.2 Å². The van der Waals surface area contributed by atoms with Crippen molar-refractivity contribution < 1.29 is 28.6 Å². The van der Waals surface area contributed by atoms with E-state index in [4.69, 9.17) is 14.2 Å². The molecular weight excluding hydrogens is 757 g/mol. The Morgan fingerprint density at radius 2 is 0.721 bits per heavy atom. The van der Waals surface area contributed by atoms with Crippen molar-refractivity contribution >= 4 is 17.9 Å². The van der Waals surface area contributed by atoms with E-state index in [0.29, 0.717) is 25.7 Å². The third-order valence-electron chi connectivity index (χ3n) is 10.4. The standard InChI is InChI=1S/C55H92O6/c1-4-7-10-13-16-19-22-25-26-27-28-29-31-33-36-39-42-45-48-54(57)60-51-52(50-59-53(56)47-44-41-38-35-32-24-21-18-15-12-9-6-3)61-55(58)49-46-43-40-37-34-30-23-20-17-14-11-8-5-2/h9,12,18,21,26-30,32,34-35,40,43,52H,4-8,10-11,13-17,19-20,22-25,31,33,36-39,41-42,44-51H2,1-3H3/b12-9-,21-18-,27-26-,29-28-,34-30-,35-32-,43-40-. The lowest BCUT2D eigenvalue weighted by atomic mass is 10.1. The second-order valence-corrected chi connectivity index (χ2v) is 16.4. The SMILES string of the molecule is CC/C=C\C/C=C\C/C=C\CCCCC(=O)OCC(COC(=O)CCCCCCC/C=C\C=C/CCCCCCCCC)OC(=O)CC/C=C\C/C=C\CCCCCCCC. The van der Waals surface area contributed by atoms with Crippen LogP contribution < -0.4 is 0 Å². The maximum absolute atomic E-state index is 12.7. The Bertz CT molecular complexity index is 1200. The Balaban J connectivity index is 4.49. The molecule has 0 rings (SSSR count). The molecule has 61 heavy (non-hydrogen) atoms. The minimum absolute atomic E-state index is 0.120. The maximum atomic E-state index is 12.7. The molecule has 0 saturated carbocycles. The van der Waals surface area contributed by atoms with Gasteiger partial charge in [-0.05, 0) is 96.3 Å². The molecule has 1 atom stereocenters. The van der Waals surface area contributed by atoms with E-state index in [1.165, 1.54) is 89.9 Å². The Morgan fingerprint density at radius 1 is 0.361 bits per heavy atom. The van der Waals surface area contributed by atoms with Gasteiger partial charge < -0.3 is 14.2 Å². The lowest BCUT2D eigenvalue weighted by molar-refractivity contribution is -0.166. The Kier molecular flexibility index (Phi) is 46.5. The Morgan fingerprint density at radius 3 is 1.20 bits per heavy atom. The predicted octanol–water partition coefficient (Wildman–Crippen LogP) is 16.4. The first-order valence-corrected chi connectivity index (χ1v) is 25.1. The summed E-state index contributed by atoms with van der Waals surface area (Å²) in [5.41, 5.74) is 0. The second kappa shape index (κ2) is 49.2. The van der Waals surface area contributed by atoms with Gasteiger partial charge >= 0.3 is 17.9 Å². The molecule has 0 bridgehead atoms. The minimum Gasteiger partial charge on any atom is -0.462 e. The molecule has 0 fully saturated rings. The molecule has 0 aromatic carbocycles. The highest BCUT2D eigenvalue weighted by molar-refractivity contribution is 5.71. The van der Waals surface area contributed by atoms with Crippen LogP contribution in [0.25, 0.3) is 0 Å². The van der Waals surface area contributed by atoms with Gasteiger partial charge in [-0.1, -0.05) is 196 Å². The number of rotatable bonds is 44. The highest BCUT2D eigenvalue weighted by atomic mass is 16.6.